The minimum absolute atomic E-state index is 0.213. The van der Waals surface area contributed by atoms with E-state index in [0.29, 0.717) is 5.89 Å². The Hall–Kier alpha value is -2.13. The van der Waals surface area contributed by atoms with Crippen molar-refractivity contribution in [1.29, 1.82) is 0 Å². The van der Waals surface area contributed by atoms with E-state index >= 15 is 0 Å². The second-order valence-electron chi connectivity index (χ2n) is 4.82. The van der Waals surface area contributed by atoms with Gasteiger partial charge in [0.2, 0.25) is 5.89 Å². The van der Waals surface area contributed by atoms with E-state index in [1.165, 1.54) is 5.56 Å². The second-order valence-corrected chi connectivity index (χ2v) is 4.82. The predicted molar refractivity (Wildman–Crippen MR) is 75.8 cm³/mol. The Morgan fingerprint density at radius 1 is 1.16 bits per heavy atom. The van der Waals surface area contributed by atoms with Crippen LogP contribution in [0.5, 0.6) is 0 Å². The second kappa shape index (κ2) is 4.86. The third-order valence-electron chi connectivity index (χ3n) is 3.18. The molecule has 3 nitrogen and oxygen atoms in total. The highest BCUT2D eigenvalue weighted by Crippen LogP contribution is 2.22. The first-order valence-electron chi connectivity index (χ1n) is 6.39. The summed E-state index contributed by atoms with van der Waals surface area (Å²) in [6.07, 6.45) is 0.729. The van der Waals surface area contributed by atoms with Crippen molar-refractivity contribution in [3.63, 3.8) is 0 Å². The van der Waals surface area contributed by atoms with E-state index in [1.54, 1.807) is 0 Å². The molecule has 0 saturated carbocycles. The maximum absolute atomic E-state index is 6.17. The van der Waals surface area contributed by atoms with Crippen LogP contribution in [0.4, 0.5) is 0 Å². The van der Waals surface area contributed by atoms with Crippen LogP contribution in [0.1, 0.15) is 23.1 Å². The minimum Gasteiger partial charge on any atom is -0.439 e. The number of fused-ring (bicyclic) bond motifs is 1. The van der Waals surface area contributed by atoms with Gasteiger partial charge in [0.25, 0.3) is 0 Å². The molecule has 1 heterocycles. The van der Waals surface area contributed by atoms with Crippen LogP contribution < -0.4 is 5.73 Å². The van der Waals surface area contributed by atoms with Crippen LogP contribution in [-0.2, 0) is 6.42 Å². The summed E-state index contributed by atoms with van der Waals surface area (Å²) >= 11 is 0. The van der Waals surface area contributed by atoms with Crippen molar-refractivity contribution in [2.75, 3.05) is 0 Å². The standard InChI is InChI=1S/C16H16N2O/c1-11-7-8-14-15(9-11)19-16(18-14)13(17)10-12-5-3-2-4-6-12/h2-9,13H,10,17H2,1H3. The van der Waals surface area contributed by atoms with E-state index < -0.39 is 0 Å². The minimum atomic E-state index is -0.213. The molecule has 3 heteroatoms. The normalized spacial score (nSPS) is 12.7. The molecule has 19 heavy (non-hydrogen) atoms. The number of rotatable bonds is 3. The summed E-state index contributed by atoms with van der Waals surface area (Å²) in [5.41, 5.74) is 10.2. The van der Waals surface area contributed by atoms with Gasteiger partial charge in [-0.25, -0.2) is 4.98 Å². The lowest BCUT2D eigenvalue weighted by atomic mass is 10.1. The van der Waals surface area contributed by atoms with E-state index in [4.69, 9.17) is 10.2 Å². The van der Waals surface area contributed by atoms with Gasteiger partial charge in [0, 0.05) is 0 Å². The Kier molecular flexibility index (Phi) is 3.05. The van der Waals surface area contributed by atoms with Crippen LogP contribution in [0.3, 0.4) is 0 Å². The summed E-state index contributed by atoms with van der Waals surface area (Å²) in [5, 5.41) is 0. The van der Waals surface area contributed by atoms with Gasteiger partial charge in [-0.3, -0.25) is 0 Å². The molecule has 0 saturated heterocycles. The predicted octanol–water partition coefficient (Wildman–Crippen LogP) is 3.38. The highest BCUT2D eigenvalue weighted by atomic mass is 16.3. The third-order valence-corrected chi connectivity index (χ3v) is 3.18. The van der Waals surface area contributed by atoms with Crippen molar-refractivity contribution < 1.29 is 4.42 Å². The van der Waals surface area contributed by atoms with Crippen molar-refractivity contribution in [3.05, 3.63) is 65.5 Å². The van der Waals surface area contributed by atoms with E-state index in [0.717, 1.165) is 23.1 Å². The average molecular weight is 252 g/mol. The first-order valence-corrected chi connectivity index (χ1v) is 6.39. The zero-order valence-corrected chi connectivity index (χ0v) is 10.8. The quantitative estimate of drug-likeness (QED) is 0.777. The Morgan fingerprint density at radius 3 is 2.74 bits per heavy atom. The molecular weight excluding hydrogens is 236 g/mol. The molecule has 2 N–H and O–H groups in total. The summed E-state index contributed by atoms with van der Waals surface area (Å²) in [5.74, 6) is 0.601. The van der Waals surface area contributed by atoms with Crippen molar-refractivity contribution >= 4 is 11.1 Å². The summed E-state index contributed by atoms with van der Waals surface area (Å²) in [4.78, 5) is 4.46. The monoisotopic (exact) mass is 252 g/mol. The molecule has 3 aromatic rings. The molecule has 0 aliphatic carbocycles. The molecule has 0 bridgehead atoms. The van der Waals surface area contributed by atoms with Crippen molar-refractivity contribution in [2.24, 2.45) is 5.73 Å². The van der Waals surface area contributed by atoms with Crippen LogP contribution in [0, 0.1) is 6.92 Å². The number of nitrogens with two attached hydrogens (primary N) is 1. The molecule has 0 radical (unpaired) electrons. The molecule has 0 aliphatic rings. The SMILES string of the molecule is Cc1ccc2nc(C(N)Cc3ccccc3)oc2c1. The zero-order valence-electron chi connectivity index (χ0n) is 10.8. The van der Waals surface area contributed by atoms with Crippen molar-refractivity contribution in [2.45, 2.75) is 19.4 Å². The summed E-state index contributed by atoms with van der Waals surface area (Å²) in [6.45, 7) is 2.03. The van der Waals surface area contributed by atoms with Gasteiger partial charge >= 0.3 is 0 Å². The van der Waals surface area contributed by atoms with E-state index in [9.17, 15) is 0 Å². The molecule has 1 atom stereocenters. The highest BCUT2D eigenvalue weighted by Gasteiger charge is 2.14. The Labute approximate surface area is 112 Å². The van der Waals surface area contributed by atoms with Gasteiger partial charge in [-0.1, -0.05) is 36.4 Å². The van der Waals surface area contributed by atoms with E-state index in [2.05, 4.69) is 17.1 Å². The smallest absolute Gasteiger partial charge is 0.212 e. The molecule has 0 spiro atoms. The number of aryl methyl sites for hydroxylation is 1. The van der Waals surface area contributed by atoms with Gasteiger partial charge in [0.05, 0.1) is 6.04 Å². The van der Waals surface area contributed by atoms with E-state index in [1.807, 2.05) is 43.3 Å². The van der Waals surface area contributed by atoms with Gasteiger partial charge in [-0.15, -0.1) is 0 Å². The zero-order chi connectivity index (χ0) is 13.2. The van der Waals surface area contributed by atoms with Crippen LogP contribution in [0.2, 0.25) is 0 Å². The molecule has 2 aromatic carbocycles. The summed E-state index contributed by atoms with van der Waals surface area (Å²) < 4.78 is 5.75. The van der Waals surface area contributed by atoms with Crippen LogP contribution in [0.25, 0.3) is 11.1 Å². The molecule has 1 aromatic heterocycles. The number of oxazole rings is 1. The topological polar surface area (TPSA) is 52.0 Å². The van der Waals surface area contributed by atoms with Gasteiger partial charge < -0.3 is 10.2 Å². The number of hydrogen-bond acceptors (Lipinski definition) is 3. The fourth-order valence-corrected chi connectivity index (χ4v) is 2.16. The highest BCUT2D eigenvalue weighted by molar-refractivity contribution is 5.73. The lowest BCUT2D eigenvalue weighted by Crippen LogP contribution is -2.13. The van der Waals surface area contributed by atoms with Crippen LogP contribution >= 0.6 is 0 Å². The first kappa shape index (κ1) is 11.9. The largest absolute Gasteiger partial charge is 0.439 e. The van der Waals surface area contributed by atoms with Crippen molar-refractivity contribution in [1.82, 2.24) is 4.98 Å². The Balaban J connectivity index is 1.87. The lowest BCUT2D eigenvalue weighted by Gasteiger charge is -2.06. The van der Waals surface area contributed by atoms with Gasteiger partial charge in [0.15, 0.2) is 5.58 Å². The number of nitrogens with zero attached hydrogens (tertiary/aromatic N) is 1. The van der Waals surface area contributed by atoms with Crippen LogP contribution in [0.15, 0.2) is 52.9 Å². The maximum atomic E-state index is 6.17. The molecule has 1 unspecified atom stereocenters. The summed E-state index contributed by atoms with van der Waals surface area (Å²) in [7, 11) is 0. The molecule has 0 aliphatic heterocycles. The van der Waals surface area contributed by atoms with Gasteiger partial charge in [-0.05, 0) is 36.6 Å². The molecule has 0 fully saturated rings. The maximum Gasteiger partial charge on any atom is 0.212 e. The van der Waals surface area contributed by atoms with Crippen molar-refractivity contribution in [3.8, 4) is 0 Å². The molecule has 96 valence electrons. The first-order chi connectivity index (χ1) is 9.22. The summed E-state index contributed by atoms with van der Waals surface area (Å²) in [6, 6.07) is 15.9. The molecule has 3 rings (SSSR count). The van der Waals surface area contributed by atoms with Crippen LogP contribution in [-0.4, -0.2) is 4.98 Å². The lowest BCUT2D eigenvalue weighted by molar-refractivity contribution is 0.474. The molecule has 0 amide bonds. The Morgan fingerprint density at radius 2 is 1.95 bits per heavy atom. The fraction of sp³-hybridized carbons (Fsp3) is 0.188. The number of aromatic nitrogens is 1. The number of benzene rings is 2. The Bertz CT molecular complexity index is 688. The van der Waals surface area contributed by atoms with E-state index in [-0.39, 0.29) is 6.04 Å². The number of hydrogen-bond donors (Lipinski definition) is 1. The average Bonchev–Trinajstić information content (AvgIpc) is 2.83. The van der Waals surface area contributed by atoms with Gasteiger partial charge in [0.1, 0.15) is 5.52 Å². The van der Waals surface area contributed by atoms with Gasteiger partial charge in [-0.2, -0.15) is 0 Å². The fourth-order valence-electron chi connectivity index (χ4n) is 2.16. The third kappa shape index (κ3) is 2.51. The molecular formula is C16H16N2O.